The van der Waals surface area contributed by atoms with Crippen molar-refractivity contribution in [2.75, 3.05) is 20.2 Å². The van der Waals surface area contributed by atoms with Crippen LogP contribution in [-0.4, -0.2) is 59.1 Å². The highest BCUT2D eigenvalue weighted by Gasteiger charge is 2.50. The fraction of sp³-hybridized carbons (Fsp3) is 0.636. The van der Waals surface area contributed by atoms with E-state index in [1.165, 1.54) is 0 Å². The van der Waals surface area contributed by atoms with Gasteiger partial charge in [-0.25, -0.2) is 0 Å². The zero-order valence-electron chi connectivity index (χ0n) is 16.5. The van der Waals surface area contributed by atoms with Crippen LogP contribution in [0.15, 0.2) is 24.3 Å². The van der Waals surface area contributed by atoms with E-state index in [1.54, 1.807) is 7.11 Å². The monoisotopic (exact) mass is 386 g/mol. The summed E-state index contributed by atoms with van der Waals surface area (Å²) in [5.41, 5.74) is 1.16. The van der Waals surface area contributed by atoms with Crippen molar-refractivity contribution in [1.29, 1.82) is 0 Å². The lowest BCUT2D eigenvalue weighted by Gasteiger charge is -2.33. The number of methoxy groups -OCH3 is 1. The lowest BCUT2D eigenvalue weighted by Crippen LogP contribution is -2.44. The van der Waals surface area contributed by atoms with Crippen LogP contribution in [0, 0.1) is 5.92 Å². The maximum Gasteiger partial charge on any atom is 0.308 e. The van der Waals surface area contributed by atoms with Crippen LogP contribution >= 0.6 is 0 Å². The topological polar surface area (TPSA) is 70.1 Å². The van der Waals surface area contributed by atoms with E-state index in [2.05, 4.69) is 17.0 Å². The van der Waals surface area contributed by atoms with Crippen molar-refractivity contribution < 1.29 is 19.4 Å². The first kappa shape index (κ1) is 19.2. The molecule has 0 radical (unpaired) electrons. The van der Waals surface area contributed by atoms with Gasteiger partial charge in [0.2, 0.25) is 5.91 Å². The first-order valence-electron chi connectivity index (χ1n) is 10.5. The molecule has 3 aliphatic rings. The van der Waals surface area contributed by atoms with E-state index in [0.29, 0.717) is 13.0 Å². The zero-order chi connectivity index (χ0) is 19.7. The van der Waals surface area contributed by atoms with Crippen LogP contribution in [0.25, 0.3) is 0 Å². The number of carbonyl (C=O) groups excluding carboxylic acids is 1. The average Bonchev–Trinajstić information content (AvgIpc) is 3.13. The predicted octanol–water partition coefficient (Wildman–Crippen LogP) is 3.08. The van der Waals surface area contributed by atoms with Crippen LogP contribution in [0.1, 0.15) is 56.6 Å². The Kier molecular flexibility index (Phi) is 5.58. The largest absolute Gasteiger partial charge is 0.497 e. The summed E-state index contributed by atoms with van der Waals surface area (Å²) in [6.07, 6.45) is 6.88. The minimum absolute atomic E-state index is 0.0258. The third-order valence-corrected chi connectivity index (χ3v) is 6.89. The van der Waals surface area contributed by atoms with Crippen molar-refractivity contribution in [3.63, 3.8) is 0 Å². The SMILES string of the molecule is COc1ccc(C2CCCCCN2C(=O)CN2C3CCC2C(C(=O)O)C3)cc1. The molecule has 1 aromatic rings. The fourth-order valence-electron chi connectivity index (χ4n) is 5.44. The molecule has 1 amide bonds. The third-order valence-electron chi connectivity index (χ3n) is 6.89. The first-order chi connectivity index (χ1) is 13.6. The van der Waals surface area contributed by atoms with Gasteiger partial charge in [0, 0.05) is 18.6 Å². The number of ether oxygens (including phenoxy) is 1. The summed E-state index contributed by atoms with van der Waals surface area (Å²) in [6.45, 7) is 1.13. The van der Waals surface area contributed by atoms with Gasteiger partial charge in [0.15, 0.2) is 0 Å². The molecule has 152 valence electrons. The summed E-state index contributed by atoms with van der Waals surface area (Å²) in [7, 11) is 1.66. The molecule has 3 aliphatic heterocycles. The number of hydrogen-bond acceptors (Lipinski definition) is 4. The highest BCUT2D eigenvalue weighted by molar-refractivity contribution is 5.79. The molecule has 0 spiro atoms. The van der Waals surface area contributed by atoms with Gasteiger partial charge in [-0.3, -0.25) is 14.5 Å². The van der Waals surface area contributed by atoms with E-state index in [-0.39, 0.29) is 30.0 Å². The smallest absolute Gasteiger partial charge is 0.308 e. The Labute approximate surface area is 166 Å². The quantitative estimate of drug-likeness (QED) is 0.842. The summed E-state index contributed by atoms with van der Waals surface area (Å²) < 4.78 is 5.27. The number of hydrogen-bond donors (Lipinski definition) is 1. The minimum Gasteiger partial charge on any atom is -0.497 e. The van der Waals surface area contributed by atoms with Crippen molar-refractivity contribution in [3.8, 4) is 5.75 Å². The Hall–Kier alpha value is -2.08. The molecule has 3 fully saturated rings. The first-order valence-corrected chi connectivity index (χ1v) is 10.5. The molecule has 4 rings (SSSR count). The van der Waals surface area contributed by atoms with Gasteiger partial charge >= 0.3 is 5.97 Å². The van der Waals surface area contributed by atoms with Crippen LogP contribution in [-0.2, 0) is 9.59 Å². The molecule has 0 aliphatic carbocycles. The fourth-order valence-corrected chi connectivity index (χ4v) is 5.44. The molecular weight excluding hydrogens is 356 g/mol. The molecule has 3 heterocycles. The van der Waals surface area contributed by atoms with Crippen LogP contribution in [0.2, 0.25) is 0 Å². The highest BCUT2D eigenvalue weighted by Crippen LogP contribution is 2.42. The van der Waals surface area contributed by atoms with Crippen molar-refractivity contribution >= 4 is 11.9 Å². The number of benzene rings is 1. The van der Waals surface area contributed by atoms with Crippen LogP contribution in [0.4, 0.5) is 0 Å². The van der Waals surface area contributed by atoms with Crippen LogP contribution in [0.5, 0.6) is 5.75 Å². The summed E-state index contributed by atoms with van der Waals surface area (Å²) in [6, 6.07) is 8.42. The number of carboxylic acid groups (broad SMARTS) is 1. The molecule has 28 heavy (non-hydrogen) atoms. The Bertz CT molecular complexity index is 720. The summed E-state index contributed by atoms with van der Waals surface area (Å²) in [4.78, 5) is 29.1. The predicted molar refractivity (Wildman–Crippen MR) is 105 cm³/mol. The Morgan fingerprint density at radius 2 is 1.89 bits per heavy atom. The maximum atomic E-state index is 13.3. The van der Waals surface area contributed by atoms with Crippen molar-refractivity contribution in [1.82, 2.24) is 9.80 Å². The van der Waals surface area contributed by atoms with Gasteiger partial charge in [0.25, 0.3) is 0 Å². The van der Waals surface area contributed by atoms with Gasteiger partial charge in [-0.2, -0.15) is 0 Å². The van der Waals surface area contributed by atoms with Crippen molar-refractivity contribution in [3.05, 3.63) is 29.8 Å². The molecule has 0 aromatic heterocycles. The molecule has 4 unspecified atom stereocenters. The lowest BCUT2D eigenvalue weighted by molar-refractivity contribution is -0.143. The summed E-state index contributed by atoms with van der Waals surface area (Å²) in [5, 5.41) is 9.47. The molecule has 4 atom stereocenters. The van der Waals surface area contributed by atoms with Gasteiger partial charge in [0.1, 0.15) is 5.75 Å². The number of fused-ring (bicyclic) bond motifs is 2. The van der Waals surface area contributed by atoms with Gasteiger partial charge in [-0.05, 0) is 49.8 Å². The number of likely N-dealkylation sites (tertiary alicyclic amines) is 1. The second kappa shape index (κ2) is 8.11. The van der Waals surface area contributed by atoms with Crippen LogP contribution < -0.4 is 4.74 Å². The van der Waals surface area contributed by atoms with E-state index in [0.717, 1.165) is 56.4 Å². The number of aliphatic carboxylic acids is 1. The van der Waals surface area contributed by atoms with Gasteiger partial charge in [-0.1, -0.05) is 25.0 Å². The number of amides is 1. The van der Waals surface area contributed by atoms with Crippen LogP contribution in [0.3, 0.4) is 0 Å². The van der Waals surface area contributed by atoms with E-state index in [9.17, 15) is 14.7 Å². The lowest BCUT2D eigenvalue weighted by atomic mass is 9.89. The number of carbonyl (C=O) groups is 2. The summed E-state index contributed by atoms with van der Waals surface area (Å²) in [5.74, 6) is -0.0575. The van der Waals surface area contributed by atoms with E-state index in [1.807, 2.05) is 17.0 Å². The summed E-state index contributed by atoms with van der Waals surface area (Å²) >= 11 is 0. The van der Waals surface area contributed by atoms with E-state index in [4.69, 9.17) is 4.74 Å². The second-order valence-electron chi connectivity index (χ2n) is 8.38. The molecule has 6 nitrogen and oxygen atoms in total. The van der Waals surface area contributed by atoms with E-state index >= 15 is 0 Å². The molecule has 0 saturated carbocycles. The maximum absolute atomic E-state index is 13.3. The third kappa shape index (κ3) is 3.62. The zero-order valence-corrected chi connectivity index (χ0v) is 16.5. The molecule has 2 bridgehead atoms. The Morgan fingerprint density at radius 1 is 1.11 bits per heavy atom. The number of carboxylic acids is 1. The second-order valence-corrected chi connectivity index (χ2v) is 8.38. The molecule has 6 heteroatoms. The van der Waals surface area contributed by atoms with E-state index < -0.39 is 5.97 Å². The van der Waals surface area contributed by atoms with Crippen molar-refractivity contribution in [2.45, 2.75) is 63.1 Å². The molecule has 1 aromatic carbocycles. The number of rotatable bonds is 5. The van der Waals surface area contributed by atoms with Gasteiger partial charge in [-0.15, -0.1) is 0 Å². The normalized spacial score (nSPS) is 30.2. The Morgan fingerprint density at radius 3 is 2.57 bits per heavy atom. The Balaban J connectivity index is 1.50. The average molecular weight is 386 g/mol. The van der Waals surface area contributed by atoms with Gasteiger partial charge in [0.05, 0.1) is 25.6 Å². The molecule has 1 N–H and O–H groups in total. The standard InChI is InChI=1S/C22H30N2O4/c1-28-17-9-6-15(7-10-17)19-5-3-2-4-12-23(19)21(25)14-24-16-8-11-20(24)18(13-16)22(26)27/h6-7,9-10,16,18-20H,2-5,8,11-14H2,1H3,(H,26,27). The molecule has 3 saturated heterocycles. The van der Waals surface area contributed by atoms with Crippen molar-refractivity contribution in [2.24, 2.45) is 5.92 Å². The molecular formula is C22H30N2O4. The van der Waals surface area contributed by atoms with Gasteiger partial charge < -0.3 is 14.7 Å². The number of nitrogens with zero attached hydrogens (tertiary/aromatic N) is 2. The highest BCUT2D eigenvalue weighted by atomic mass is 16.5. The minimum atomic E-state index is -0.712.